The molecule has 1 aromatic heterocycles. The smallest absolute Gasteiger partial charge is 0.287 e. The molecule has 0 unspecified atom stereocenters. The summed E-state index contributed by atoms with van der Waals surface area (Å²) in [5.74, 6) is 0.619. The summed E-state index contributed by atoms with van der Waals surface area (Å²) < 4.78 is 19.9. The highest BCUT2D eigenvalue weighted by molar-refractivity contribution is 5.91. The molecule has 1 fully saturated rings. The van der Waals surface area contributed by atoms with Gasteiger partial charge in [0, 0.05) is 30.7 Å². The van der Waals surface area contributed by atoms with E-state index in [1.54, 1.807) is 18.2 Å². The van der Waals surface area contributed by atoms with Gasteiger partial charge in [0.15, 0.2) is 5.76 Å². The largest absolute Gasteiger partial charge is 0.455 e. The predicted molar refractivity (Wildman–Crippen MR) is 112 cm³/mol. The number of nitrogens with one attached hydrogen (secondary N) is 1. The van der Waals surface area contributed by atoms with Gasteiger partial charge in [0.2, 0.25) is 0 Å². The van der Waals surface area contributed by atoms with Crippen molar-refractivity contribution in [3.63, 3.8) is 0 Å². The lowest BCUT2D eigenvalue weighted by molar-refractivity contribution is 0.0901. The second kappa shape index (κ2) is 9.55. The second-order valence-electron chi connectivity index (χ2n) is 8.69. The predicted octanol–water partition coefficient (Wildman–Crippen LogP) is 4.05. The maximum Gasteiger partial charge on any atom is 0.287 e. The maximum absolute atomic E-state index is 14.1. The summed E-state index contributed by atoms with van der Waals surface area (Å²) in [7, 11) is 0. The number of amides is 1. The molecule has 0 bridgehead atoms. The van der Waals surface area contributed by atoms with Crippen LogP contribution >= 0.6 is 0 Å². The molecule has 2 aromatic rings. The van der Waals surface area contributed by atoms with Crippen LogP contribution in [0, 0.1) is 5.82 Å². The van der Waals surface area contributed by atoms with E-state index in [-0.39, 0.29) is 17.3 Å². The number of hydrogen-bond donors (Lipinski definition) is 1. The number of benzene rings is 1. The third-order valence-corrected chi connectivity index (χ3v) is 5.41. The number of halogens is 1. The van der Waals surface area contributed by atoms with Gasteiger partial charge in [0.25, 0.3) is 5.91 Å². The minimum absolute atomic E-state index is 0.187. The highest BCUT2D eigenvalue weighted by Crippen LogP contribution is 2.23. The molecule has 0 spiro atoms. The molecule has 0 radical (unpaired) electrons. The molecule has 2 heterocycles. The highest BCUT2D eigenvalue weighted by Gasteiger charge is 2.24. The molecule has 29 heavy (non-hydrogen) atoms. The third-order valence-electron chi connectivity index (χ3n) is 5.41. The van der Waals surface area contributed by atoms with Crippen LogP contribution in [-0.4, -0.2) is 47.4 Å². The number of nitrogens with zero attached hydrogens (tertiary/aromatic N) is 2. The number of rotatable bonds is 8. The molecular weight excluding hydrogens is 369 g/mol. The van der Waals surface area contributed by atoms with Crippen LogP contribution in [0.15, 0.2) is 40.8 Å². The van der Waals surface area contributed by atoms with Gasteiger partial charge in [-0.3, -0.25) is 9.69 Å². The monoisotopic (exact) mass is 401 g/mol. The minimum atomic E-state index is -0.209. The summed E-state index contributed by atoms with van der Waals surface area (Å²) in [6, 6.07) is 10.4. The van der Waals surface area contributed by atoms with Crippen molar-refractivity contribution in [2.24, 2.45) is 0 Å². The second-order valence-corrected chi connectivity index (χ2v) is 8.69. The molecule has 5 nitrogen and oxygen atoms in total. The molecule has 3 rings (SSSR count). The molecule has 1 aliphatic heterocycles. The fourth-order valence-corrected chi connectivity index (χ4v) is 3.56. The molecule has 1 saturated heterocycles. The summed E-state index contributed by atoms with van der Waals surface area (Å²) in [5.41, 5.74) is 0.460. The molecule has 1 N–H and O–H groups in total. The first kappa shape index (κ1) is 21.5. The lowest BCUT2D eigenvalue weighted by Crippen LogP contribution is -2.40. The Balaban J connectivity index is 1.58. The zero-order chi connectivity index (χ0) is 20.9. The van der Waals surface area contributed by atoms with E-state index in [2.05, 4.69) is 35.9 Å². The summed E-state index contributed by atoms with van der Waals surface area (Å²) >= 11 is 0. The van der Waals surface area contributed by atoms with Crippen molar-refractivity contribution in [1.29, 1.82) is 0 Å². The van der Waals surface area contributed by atoms with Crippen molar-refractivity contribution < 1.29 is 13.6 Å². The van der Waals surface area contributed by atoms with E-state index in [1.165, 1.54) is 18.9 Å². The van der Waals surface area contributed by atoms with Gasteiger partial charge in [0.05, 0.1) is 6.54 Å². The average Bonchev–Trinajstić information content (AvgIpc) is 3.34. The topological polar surface area (TPSA) is 48.7 Å². The first-order chi connectivity index (χ1) is 13.8. The lowest BCUT2D eigenvalue weighted by atomic mass is 10.0. The van der Waals surface area contributed by atoms with Crippen molar-refractivity contribution in [2.45, 2.75) is 52.2 Å². The Kier molecular flexibility index (Phi) is 7.09. The van der Waals surface area contributed by atoms with Gasteiger partial charge in [0.1, 0.15) is 11.6 Å². The van der Waals surface area contributed by atoms with Gasteiger partial charge in [-0.1, -0.05) is 18.2 Å². The highest BCUT2D eigenvalue weighted by atomic mass is 19.1. The van der Waals surface area contributed by atoms with Crippen LogP contribution in [0.5, 0.6) is 0 Å². The van der Waals surface area contributed by atoms with Crippen LogP contribution in [0.25, 0.3) is 0 Å². The van der Waals surface area contributed by atoms with E-state index in [9.17, 15) is 9.18 Å². The van der Waals surface area contributed by atoms with Crippen molar-refractivity contribution in [2.75, 3.05) is 26.2 Å². The molecule has 1 aromatic carbocycles. The van der Waals surface area contributed by atoms with Gasteiger partial charge in [-0.05, 0) is 64.9 Å². The number of likely N-dealkylation sites (tertiary alicyclic amines) is 1. The van der Waals surface area contributed by atoms with Crippen LogP contribution in [-0.2, 0) is 13.1 Å². The molecule has 0 atom stereocenters. The van der Waals surface area contributed by atoms with Gasteiger partial charge in [-0.25, -0.2) is 4.39 Å². The van der Waals surface area contributed by atoms with Gasteiger partial charge in [-0.2, -0.15) is 0 Å². The number of carbonyl (C=O) groups is 1. The van der Waals surface area contributed by atoms with Crippen LogP contribution in [0.2, 0.25) is 0 Å². The normalized spacial score (nSPS) is 15.2. The number of furan rings is 1. The van der Waals surface area contributed by atoms with E-state index < -0.39 is 0 Å². The summed E-state index contributed by atoms with van der Waals surface area (Å²) in [6.45, 7) is 11.0. The van der Waals surface area contributed by atoms with E-state index >= 15 is 0 Å². The molecule has 0 aliphatic carbocycles. The Bertz CT molecular complexity index is 806. The van der Waals surface area contributed by atoms with E-state index in [1.807, 2.05) is 12.1 Å². The Morgan fingerprint density at radius 2 is 1.86 bits per heavy atom. The molecule has 158 valence electrons. The fourth-order valence-electron chi connectivity index (χ4n) is 3.56. The Morgan fingerprint density at radius 3 is 2.55 bits per heavy atom. The van der Waals surface area contributed by atoms with Gasteiger partial charge >= 0.3 is 0 Å². The Labute approximate surface area is 172 Å². The third kappa shape index (κ3) is 6.15. The SMILES string of the molecule is CC(C)(C)N(Cc1ccc(C(=O)NCCN2CCCC2)o1)Cc1ccccc1F. The zero-order valence-electron chi connectivity index (χ0n) is 17.7. The van der Waals surface area contributed by atoms with E-state index in [0.717, 1.165) is 19.6 Å². The molecule has 6 heteroatoms. The fraction of sp³-hybridized carbons (Fsp3) is 0.522. The van der Waals surface area contributed by atoms with Gasteiger partial charge < -0.3 is 14.6 Å². The van der Waals surface area contributed by atoms with Crippen LogP contribution in [0.1, 0.15) is 55.5 Å². The number of hydrogen-bond acceptors (Lipinski definition) is 4. The van der Waals surface area contributed by atoms with Crippen molar-refractivity contribution in [3.8, 4) is 0 Å². The maximum atomic E-state index is 14.1. The lowest BCUT2D eigenvalue weighted by Gasteiger charge is -2.35. The minimum Gasteiger partial charge on any atom is -0.455 e. The van der Waals surface area contributed by atoms with Gasteiger partial charge in [-0.15, -0.1) is 0 Å². The Hall–Kier alpha value is -2.18. The van der Waals surface area contributed by atoms with Crippen molar-refractivity contribution >= 4 is 5.91 Å². The summed E-state index contributed by atoms with van der Waals surface area (Å²) in [4.78, 5) is 16.9. The first-order valence-corrected chi connectivity index (χ1v) is 10.4. The van der Waals surface area contributed by atoms with Crippen molar-refractivity contribution in [3.05, 3.63) is 59.3 Å². The number of carbonyl (C=O) groups excluding carboxylic acids is 1. The first-order valence-electron chi connectivity index (χ1n) is 10.4. The van der Waals surface area contributed by atoms with Crippen LogP contribution in [0.4, 0.5) is 4.39 Å². The molecule has 1 aliphatic rings. The van der Waals surface area contributed by atoms with Crippen LogP contribution < -0.4 is 5.32 Å². The Morgan fingerprint density at radius 1 is 1.14 bits per heavy atom. The van der Waals surface area contributed by atoms with Crippen LogP contribution in [0.3, 0.4) is 0 Å². The summed E-state index contributed by atoms with van der Waals surface area (Å²) in [6.07, 6.45) is 2.49. The molecule has 1 amide bonds. The zero-order valence-corrected chi connectivity index (χ0v) is 17.7. The van der Waals surface area contributed by atoms with E-state index in [4.69, 9.17) is 4.42 Å². The van der Waals surface area contributed by atoms with E-state index in [0.29, 0.717) is 36.7 Å². The summed E-state index contributed by atoms with van der Waals surface area (Å²) in [5, 5.41) is 2.93. The van der Waals surface area contributed by atoms with Crippen molar-refractivity contribution in [1.82, 2.24) is 15.1 Å². The average molecular weight is 402 g/mol. The molecule has 0 saturated carbocycles. The standard InChI is InChI=1S/C23H32FN3O2/c1-23(2,3)27(16-18-8-4-5-9-20(18)24)17-19-10-11-21(29-19)22(28)25-12-15-26-13-6-7-14-26/h4-5,8-11H,6-7,12-17H2,1-3H3,(H,25,28). The quantitative estimate of drug-likeness (QED) is 0.725. The molecular formula is C23H32FN3O2.